The molecule has 0 radical (unpaired) electrons. The molecule has 0 aliphatic rings. The van der Waals surface area contributed by atoms with Crippen LogP contribution in [0, 0.1) is 10.1 Å². The van der Waals surface area contributed by atoms with Crippen LogP contribution in [0.5, 0.6) is 17.4 Å². The minimum absolute atomic E-state index is 0.233. The van der Waals surface area contributed by atoms with E-state index in [0.29, 0.717) is 11.3 Å². The predicted molar refractivity (Wildman–Crippen MR) is 117 cm³/mol. The molecule has 0 atom stereocenters. The number of hydrogen-bond acceptors (Lipinski definition) is 8. The summed E-state index contributed by atoms with van der Waals surface area (Å²) in [7, 11) is 1.45. The molecule has 1 amide bonds. The molecule has 10 nitrogen and oxygen atoms in total. The van der Waals surface area contributed by atoms with Gasteiger partial charge in [-0.2, -0.15) is 4.98 Å². The molecule has 4 aromatic rings. The minimum atomic E-state index is -0.697. The van der Waals surface area contributed by atoms with Crippen molar-refractivity contribution in [2.75, 3.05) is 12.5 Å². The Balaban J connectivity index is 1.61. The molecule has 0 aliphatic carbocycles. The summed E-state index contributed by atoms with van der Waals surface area (Å²) in [5.74, 6) is -0.413. The summed E-state index contributed by atoms with van der Waals surface area (Å²) in [5.41, 5.74) is 4.82. The smallest absolute Gasteiger partial charge is 0.374 e. The van der Waals surface area contributed by atoms with Gasteiger partial charge in [-0.05, 0) is 29.0 Å². The second-order valence-corrected chi connectivity index (χ2v) is 6.49. The highest BCUT2D eigenvalue weighted by Crippen LogP contribution is 2.37. The average molecular weight is 431 g/mol. The van der Waals surface area contributed by atoms with Crippen molar-refractivity contribution in [3.63, 3.8) is 0 Å². The zero-order chi connectivity index (χ0) is 22.5. The number of benzene rings is 3. The number of hydrazine groups is 1. The fraction of sp³-hybridized carbons (Fsp3) is 0.0455. The quantitative estimate of drug-likeness (QED) is 0.331. The van der Waals surface area contributed by atoms with Crippen molar-refractivity contribution < 1.29 is 19.2 Å². The molecule has 0 saturated heterocycles. The number of fused-ring (bicyclic) bond motifs is 1. The fourth-order valence-electron chi connectivity index (χ4n) is 3.11. The van der Waals surface area contributed by atoms with Gasteiger partial charge in [-0.15, -0.1) is 0 Å². The first-order valence-electron chi connectivity index (χ1n) is 9.43. The van der Waals surface area contributed by atoms with Crippen molar-refractivity contribution in [2.45, 2.75) is 0 Å². The topological polar surface area (TPSA) is 129 Å². The molecule has 2 N–H and O–H groups in total. The number of hydrogen-bond donors (Lipinski definition) is 2. The van der Waals surface area contributed by atoms with E-state index in [1.165, 1.54) is 7.11 Å². The number of methoxy groups -OCH3 is 1. The number of ether oxygens (including phenoxy) is 2. The van der Waals surface area contributed by atoms with Gasteiger partial charge in [0.1, 0.15) is 6.33 Å². The molecule has 10 heteroatoms. The van der Waals surface area contributed by atoms with E-state index in [1.54, 1.807) is 36.4 Å². The van der Waals surface area contributed by atoms with Crippen LogP contribution >= 0.6 is 0 Å². The highest BCUT2D eigenvalue weighted by molar-refractivity contribution is 6.07. The summed E-state index contributed by atoms with van der Waals surface area (Å²) < 4.78 is 10.8. The summed E-state index contributed by atoms with van der Waals surface area (Å²) in [5, 5.41) is 13.4. The maximum absolute atomic E-state index is 12.7. The number of nitrogens with zero attached hydrogens (tertiary/aromatic N) is 3. The molecule has 0 aliphatic heterocycles. The van der Waals surface area contributed by atoms with E-state index in [9.17, 15) is 14.9 Å². The van der Waals surface area contributed by atoms with Crippen LogP contribution in [0.2, 0.25) is 0 Å². The van der Waals surface area contributed by atoms with Crippen LogP contribution in [0.25, 0.3) is 10.8 Å². The number of amides is 1. The van der Waals surface area contributed by atoms with Gasteiger partial charge in [-0.25, -0.2) is 4.98 Å². The number of carbonyl (C=O) groups is 1. The normalized spacial score (nSPS) is 10.4. The van der Waals surface area contributed by atoms with E-state index >= 15 is 0 Å². The molecule has 32 heavy (non-hydrogen) atoms. The molecule has 0 saturated carbocycles. The summed E-state index contributed by atoms with van der Waals surface area (Å²) in [6.07, 6.45) is 1.09. The lowest BCUT2D eigenvalue weighted by Gasteiger charge is -2.12. The molecule has 0 bridgehead atoms. The molecule has 160 valence electrons. The first-order valence-corrected chi connectivity index (χ1v) is 9.43. The number of para-hydroxylation sites is 2. The van der Waals surface area contributed by atoms with Crippen molar-refractivity contribution in [3.05, 3.63) is 88.7 Å². The van der Waals surface area contributed by atoms with E-state index in [1.807, 2.05) is 30.3 Å². The van der Waals surface area contributed by atoms with Gasteiger partial charge >= 0.3 is 11.6 Å². The highest BCUT2D eigenvalue weighted by atomic mass is 16.6. The first kappa shape index (κ1) is 20.5. The third kappa shape index (κ3) is 4.10. The van der Waals surface area contributed by atoms with Crippen molar-refractivity contribution in [2.24, 2.45) is 0 Å². The third-order valence-electron chi connectivity index (χ3n) is 4.58. The van der Waals surface area contributed by atoms with Crippen molar-refractivity contribution in [1.82, 2.24) is 15.4 Å². The van der Waals surface area contributed by atoms with Crippen molar-refractivity contribution in [1.29, 1.82) is 0 Å². The summed E-state index contributed by atoms with van der Waals surface area (Å²) in [6, 6.07) is 19.3. The number of anilines is 1. The first-order chi connectivity index (χ1) is 15.6. The Morgan fingerprint density at radius 3 is 2.47 bits per heavy atom. The molecule has 0 unspecified atom stereocenters. The van der Waals surface area contributed by atoms with Crippen LogP contribution in [0.3, 0.4) is 0 Å². The predicted octanol–water partition coefficient (Wildman–Crippen LogP) is 4.10. The number of nitrogens with one attached hydrogen (secondary N) is 2. The largest absolute Gasteiger partial charge is 0.493 e. The monoisotopic (exact) mass is 431 g/mol. The second kappa shape index (κ2) is 8.96. The average Bonchev–Trinajstić information content (AvgIpc) is 2.82. The highest BCUT2D eigenvalue weighted by Gasteiger charge is 2.26. The zero-order valence-corrected chi connectivity index (χ0v) is 16.8. The molecule has 0 fully saturated rings. The van der Waals surface area contributed by atoms with Gasteiger partial charge in [0.2, 0.25) is 5.82 Å². The number of nitro groups is 1. The molecule has 1 aromatic heterocycles. The lowest BCUT2D eigenvalue weighted by molar-refractivity contribution is -0.385. The van der Waals surface area contributed by atoms with E-state index in [0.717, 1.165) is 17.1 Å². The van der Waals surface area contributed by atoms with Gasteiger partial charge in [-0.1, -0.05) is 48.5 Å². The Kier molecular flexibility index (Phi) is 5.75. The number of aromatic nitrogens is 2. The molecular weight excluding hydrogens is 414 g/mol. The second-order valence-electron chi connectivity index (χ2n) is 6.49. The van der Waals surface area contributed by atoms with Gasteiger partial charge in [-0.3, -0.25) is 25.8 Å². The van der Waals surface area contributed by atoms with Crippen LogP contribution in [-0.2, 0) is 0 Å². The van der Waals surface area contributed by atoms with E-state index in [2.05, 4.69) is 20.8 Å². The van der Waals surface area contributed by atoms with E-state index in [-0.39, 0.29) is 17.4 Å². The van der Waals surface area contributed by atoms with Crippen molar-refractivity contribution >= 4 is 28.2 Å². The Morgan fingerprint density at radius 2 is 1.69 bits per heavy atom. The maximum Gasteiger partial charge on any atom is 0.374 e. The van der Waals surface area contributed by atoms with Crippen molar-refractivity contribution in [3.8, 4) is 17.4 Å². The van der Waals surface area contributed by atoms with Crippen LogP contribution in [0.1, 0.15) is 10.4 Å². The Bertz CT molecular complexity index is 1310. The third-order valence-corrected chi connectivity index (χ3v) is 4.58. The van der Waals surface area contributed by atoms with E-state index in [4.69, 9.17) is 9.47 Å². The van der Waals surface area contributed by atoms with E-state index < -0.39 is 16.5 Å². The van der Waals surface area contributed by atoms with Crippen LogP contribution in [-0.4, -0.2) is 27.9 Å². The van der Waals surface area contributed by atoms with Gasteiger partial charge in [0, 0.05) is 5.56 Å². The molecule has 1 heterocycles. The summed E-state index contributed by atoms with van der Waals surface area (Å²) in [4.78, 5) is 31.5. The van der Waals surface area contributed by atoms with Gasteiger partial charge < -0.3 is 9.47 Å². The number of carbonyl (C=O) groups excluding carboxylic acids is 1. The zero-order valence-electron chi connectivity index (χ0n) is 16.8. The Labute approximate surface area is 182 Å². The molecule has 3 aromatic carbocycles. The number of rotatable bonds is 7. The Morgan fingerprint density at radius 1 is 0.969 bits per heavy atom. The van der Waals surface area contributed by atoms with Crippen LogP contribution in [0.15, 0.2) is 73.1 Å². The fourth-order valence-corrected chi connectivity index (χ4v) is 3.11. The summed E-state index contributed by atoms with van der Waals surface area (Å²) >= 11 is 0. The maximum atomic E-state index is 12.7. The molecule has 4 rings (SSSR count). The van der Waals surface area contributed by atoms with Crippen LogP contribution < -0.4 is 20.3 Å². The lowest BCUT2D eigenvalue weighted by Crippen LogP contribution is -2.30. The van der Waals surface area contributed by atoms with Gasteiger partial charge in [0.25, 0.3) is 5.91 Å². The molecular formula is C22H17N5O5. The standard InChI is InChI=1S/C22H17N5O5/c1-31-17-11-4-5-12-18(17)32-22-19(27(29)30)20(23-13-24-22)25-26-21(28)16-10-6-8-14-7-2-3-9-15(14)16/h2-13H,1H3,(H,26,28)(H,23,24,25). The molecule has 0 spiro atoms. The summed E-state index contributed by atoms with van der Waals surface area (Å²) in [6.45, 7) is 0. The lowest BCUT2D eigenvalue weighted by atomic mass is 10.0. The minimum Gasteiger partial charge on any atom is -0.493 e. The Hall–Kier alpha value is -4.73. The van der Waals surface area contributed by atoms with Gasteiger partial charge in [0.15, 0.2) is 11.5 Å². The van der Waals surface area contributed by atoms with Crippen LogP contribution in [0.4, 0.5) is 11.5 Å². The van der Waals surface area contributed by atoms with Gasteiger partial charge in [0.05, 0.1) is 12.0 Å². The SMILES string of the molecule is COc1ccccc1Oc1ncnc(NNC(=O)c2cccc3ccccc23)c1[N+](=O)[O-].